The summed E-state index contributed by atoms with van der Waals surface area (Å²) in [5.74, 6) is 0.313. The molecule has 0 atom stereocenters. The van der Waals surface area contributed by atoms with E-state index in [0.29, 0.717) is 17.8 Å². The normalized spacial score (nSPS) is 11.9. The van der Waals surface area contributed by atoms with Crippen LogP contribution in [0.25, 0.3) is 10.9 Å². The van der Waals surface area contributed by atoms with E-state index in [0.717, 1.165) is 23.6 Å². The van der Waals surface area contributed by atoms with E-state index in [1.165, 1.54) is 0 Å². The Bertz CT molecular complexity index is 631. The third-order valence-corrected chi connectivity index (χ3v) is 2.90. The van der Waals surface area contributed by atoms with Crippen LogP contribution in [-0.2, 0) is 16.5 Å². The standard InChI is InChI=1S/C11H14N2O3S/c1-17(14,15)16-10-4-2-3-9-8(5-6-12)7-13-11(9)10/h2-4,7,13H,5-6,12H2,1H3. The molecule has 17 heavy (non-hydrogen) atoms. The molecule has 1 heterocycles. The van der Waals surface area contributed by atoms with Crippen molar-refractivity contribution < 1.29 is 12.6 Å². The molecule has 0 unspecified atom stereocenters. The highest BCUT2D eigenvalue weighted by Gasteiger charge is 2.11. The average Bonchev–Trinajstić information content (AvgIpc) is 2.61. The molecule has 0 saturated carbocycles. The molecular weight excluding hydrogens is 240 g/mol. The predicted molar refractivity (Wildman–Crippen MR) is 66.5 cm³/mol. The van der Waals surface area contributed by atoms with Crippen LogP contribution >= 0.6 is 0 Å². The van der Waals surface area contributed by atoms with Crippen molar-refractivity contribution in [2.45, 2.75) is 6.42 Å². The van der Waals surface area contributed by atoms with Crippen LogP contribution in [0.15, 0.2) is 24.4 Å². The van der Waals surface area contributed by atoms with E-state index in [9.17, 15) is 8.42 Å². The summed E-state index contributed by atoms with van der Waals surface area (Å²) in [4.78, 5) is 3.02. The van der Waals surface area contributed by atoms with E-state index in [2.05, 4.69) is 4.98 Å². The molecule has 0 aliphatic carbocycles. The quantitative estimate of drug-likeness (QED) is 0.797. The van der Waals surface area contributed by atoms with Crippen LogP contribution in [0.1, 0.15) is 5.56 Å². The second-order valence-corrected chi connectivity index (χ2v) is 5.39. The molecule has 2 aromatic rings. The van der Waals surface area contributed by atoms with Crippen molar-refractivity contribution in [3.8, 4) is 5.75 Å². The molecule has 0 amide bonds. The number of aromatic nitrogens is 1. The van der Waals surface area contributed by atoms with Crippen molar-refractivity contribution >= 4 is 21.0 Å². The summed E-state index contributed by atoms with van der Waals surface area (Å²) in [6, 6.07) is 5.29. The Balaban J connectivity index is 2.52. The van der Waals surface area contributed by atoms with E-state index < -0.39 is 10.1 Å². The maximum absolute atomic E-state index is 11.1. The van der Waals surface area contributed by atoms with Gasteiger partial charge in [-0.2, -0.15) is 8.42 Å². The van der Waals surface area contributed by atoms with Gasteiger partial charge in [-0.05, 0) is 24.6 Å². The Morgan fingerprint density at radius 3 is 2.82 bits per heavy atom. The van der Waals surface area contributed by atoms with Gasteiger partial charge in [0, 0.05) is 11.6 Å². The van der Waals surface area contributed by atoms with E-state index >= 15 is 0 Å². The number of fused-ring (bicyclic) bond motifs is 1. The summed E-state index contributed by atoms with van der Waals surface area (Å²) in [7, 11) is -3.52. The fourth-order valence-corrected chi connectivity index (χ4v) is 2.24. The summed E-state index contributed by atoms with van der Waals surface area (Å²) in [6.45, 7) is 0.546. The van der Waals surface area contributed by atoms with Crippen LogP contribution in [0.4, 0.5) is 0 Å². The van der Waals surface area contributed by atoms with Crippen LogP contribution in [0.2, 0.25) is 0 Å². The van der Waals surface area contributed by atoms with Crippen LogP contribution in [0, 0.1) is 0 Å². The zero-order chi connectivity index (χ0) is 12.5. The maximum Gasteiger partial charge on any atom is 0.306 e. The number of hydrogen-bond acceptors (Lipinski definition) is 4. The number of H-pyrrole nitrogens is 1. The van der Waals surface area contributed by atoms with Crippen molar-refractivity contribution in [3.05, 3.63) is 30.0 Å². The Hall–Kier alpha value is -1.53. The van der Waals surface area contributed by atoms with Gasteiger partial charge in [0.2, 0.25) is 0 Å². The highest BCUT2D eigenvalue weighted by atomic mass is 32.2. The van der Waals surface area contributed by atoms with Crippen LogP contribution < -0.4 is 9.92 Å². The fourth-order valence-electron chi connectivity index (χ4n) is 1.78. The highest BCUT2D eigenvalue weighted by molar-refractivity contribution is 7.86. The Morgan fingerprint density at radius 1 is 1.41 bits per heavy atom. The second kappa shape index (κ2) is 4.38. The summed E-state index contributed by atoms with van der Waals surface area (Å²) >= 11 is 0. The van der Waals surface area contributed by atoms with Gasteiger partial charge in [-0.3, -0.25) is 0 Å². The lowest BCUT2D eigenvalue weighted by Crippen LogP contribution is -2.06. The van der Waals surface area contributed by atoms with E-state index in [4.69, 9.17) is 9.92 Å². The minimum atomic E-state index is -3.52. The Labute approximate surface area is 99.7 Å². The van der Waals surface area contributed by atoms with Crippen LogP contribution in [0.3, 0.4) is 0 Å². The number of nitrogens with two attached hydrogens (primary N) is 1. The molecule has 0 aliphatic rings. The van der Waals surface area contributed by atoms with Gasteiger partial charge in [-0.15, -0.1) is 0 Å². The topological polar surface area (TPSA) is 85.2 Å². The molecular formula is C11H14N2O3S. The second-order valence-electron chi connectivity index (χ2n) is 3.82. The fraction of sp³-hybridized carbons (Fsp3) is 0.273. The molecule has 5 nitrogen and oxygen atoms in total. The molecule has 0 saturated heterocycles. The third kappa shape index (κ3) is 2.59. The summed E-state index contributed by atoms with van der Waals surface area (Å²) < 4.78 is 27.2. The Kier molecular flexibility index (Phi) is 3.08. The number of rotatable bonds is 4. The first-order valence-corrected chi connectivity index (χ1v) is 7.01. The molecule has 0 spiro atoms. The molecule has 0 fully saturated rings. The first-order chi connectivity index (χ1) is 8.01. The van der Waals surface area contributed by atoms with Crippen molar-refractivity contribution in [2.75, 3.05) is 12.8 Å². The monoisotopic (exact) mass is 254 g/mol. The van der Waals surface area contributed by atoms with Crippen LogP contribution in [0.5, 0.6) is 5.75 Å². The summed E-state index contributed by atoms with van der Waals surface area (Å²) in [6.07, 6.45) is 3.59. The van der Waals surface area contributed by atoms with Crippen molar-refractivity contribution in [3.63, 3.8) is 0 Å². The molecule has 1 aromatic heterocycles. The van der Waals surface area contributed by atoms with E-state index in [1.807, 2.05) is 12.3 Å². The SMILES string of the molecule is CS(=O)(=O)Oc1cccc2c(CCN)c[nH]c12. The molecule has 3 N–H and O–H groups in total. The van der Waals surface area contributed by atoms with Gasteiger partial charge in [0.25, 0.3) is 0 Å². The molecule has 2 rings (SSSR count). The van der Waals surface area contributed by atoms with Gasteiger partial charge in [-0.1, -0.05) is 12.1 Å². The lowest BCUT2D eigenvalue weighted by atomic mass is 10.1. The number of para-hydroxylation sites is 1. The van der Waals surface area contributed by atoms with Gasteiger partial charge in [-0.25, -0.2) is 0 Å². The maximum atomic E-state index is 11.1. The van der Waals surface area contributed by atoms with Crippen molar-refractivity contribution in [2.24, 2.45) is 5.73 Å². The molecule has 0 radical (unpaired) electrons. The molecule has 1 aromatic carbocycles. The predicted octanol–water partition coefficient (Wildman–Crippen LogP) is 1.01. The first kappa shape index (κ1) is 11.9. The minimum Gasteiger partial charge on any atom is -0.380 e. The first-order valence-electron chi connectivity index (χ1n) is 5.20. The van der Waals surface area contributed by atoms with Crippen LogP contribution in [-0.4, -0.2) is 26.2 Å². The van der Waals surface area contributed by atoms with E-state index in [1.54, 1.807) is 12.1 Å². The summed E-state index contributed by atoms with van der Waals surface area (Å²) in [5.41, 5.74) is 7.25. The molecule has 6 heteroatoms. The Morgan fingerprint density at radius 2 is 2.18 bits per heavy atom. The van der Waals surface area contributed by atoms with Gasteiger partial charge in [0.05, 0.1) is 11.8 Å². The third-order valence-electron chi connectivity index (χ3n) is 2.42. The summed E-state index contributed by atoms with van der Waals surface area (Å²) in [5, 5.41) is 0.941. The van der Waals surface area contributed by atoms with Gasteiger partial charge >= 0.3 is 10.1 Å². The lowest BCUT2D eigenvalue weighted by molar-refractivity contribution is 0.495. The van der Waals surface area contributed by atoms with Gasteiger partial charge < -0.3 is 14.9 Å². The van der Waals surface area contributed by atoms with Gasteiger partial charge in [0.15, 0.2) is 5.75 Å². The molecule has 92 valence electrons. The number of nitrogens with one attached hydrogen (secondary N) is 1. The average molecular weight is 254 g/mol. The molecule has 0 aliphatic heterocycles. The minimum absolute atomic E-state index is 0.313. The van der Waals surface area contributed by atoms with E-state index in [-0.39, 0.29) is 0 Å². The lowest BCUT2D eigenvalue weighted by Gasteiger charge is -2.04. The zero-order valence-electron chi connectivity index (χ0n) is 9.43. The zero-order valence-corrected chi connectivity index (χ0v) is 10.3. The smallest absolute Gasteiger partial charge is 0.306 e. The highest BCUT2D eigenvalue weighted by Crippen LogP contribution is 2.28. The largest absolute Gasteiger partial charge is 0.380 e. The van der Waals surface area contributed by atoms with Crippen molar-refractivity contribution in [1.82, 2.24) is 4.98 Å². The molecule has 0 bridgehead atoms. The van der Waals surface area contributed by atoms with Crippen molar-refractivity contribution in [1.29, 1.82) is 0 Å². The number of benzene rings is 1. The number of aromatic amines is 1. The number of hydrogen-bond donors (Lipinski definition) is 2. The van der Waals surface area contributed by atoms with Gasteiger partial charge in [0.1, 0.15) is 0 Å².